The van der Waals surface area contributed by atoms with E-state index in [1.165, 1.54) is 31.9 Å². The number of hydrogen-bond donors (Lipinski definition) is 2. The predicted octanol–water partition coefficient (Wildman–Crippen LogP) is 3.56. The highest BCUT2D eigenvalue weighted by Crippen LogP contribution is 2.47. The lowest BCUT2D eigenvalue weighted by atomic mass is 9.67. The number of methoxy groups -OCH3 is 1. The van der Waals surface area contributed by atoms with Crippen molar-refractivity contribution in [3.05, 3.63) is 35.9 Å². The summed E-state index contributed by atoms with van der Waals surface area (Å²) < 4.78 is 4.80. The molecule has 0 aromatic heterocycles. The van der Waals surface area contributed by atoms with Crippen molar-refractivity contribution in [2.75, 3.05) is 21.2 Å². The zero-order valence-corrected chi connectivity index (χ0v) is 19.9. The molecule has 6 heteroatoms. The van der Waals surface area contributed by atoms with Crippen LogP contribution in [0.2, 0.25) is 0 Å². The summed E-state index contributed by atoms with van der Waals surface area (Å²) in [5.74, 6) is -0.672. The first-order chi connectivity index (χ1) is 15.4. The van der Waals surface area contributed by atoms with Crippen molar-refractivity contribution < 1.29 is 14.3 Å². The summed E-state index contributed by atoms with van der Waals surface area (Å²) in [7, 11) is 5.66. The summed E-state index contributed by atoms with van der Waals surface area (Å²) in [5, 5.41) is 0. The molecule has 3 aliphatic rings. The Morgan fingerprint density at radius 2 is 1.81 bits per heavy atom. The number of hydrogen-bond acceptors (Lipinski definition) is 6. The van der Waals surface area contributed by atoms with E-state index in [2.05, 4.69) is 60.2 Å². The van der Waals surface area contributed by atoms with E-state index in [-0.39, 0.29) is 28.8 Å². The largest absolute Gasteiger partial charge is 0.463 e. The number of nitrogens with zero attached hydrogens (tertiary/aromatic N) is 1. The van der Waals surface area contributed by atoms with Crippen molar-refractivity contribution in [3.63, 3.8) is 0 Å². The number of carbonyl (C=O) groups is 2. The van der Waals surface area contributed by atoms with Gasteiger partial charge in [0.2, 0.25) is 5.78 Å². The third-order valence-electron chi connectivity index (χ3n) is 8.65. The Kier molecular flexibility index (Phi) is 7.03. The molecule has 1 saturated heterocycles. The quantitative estimate of drug-likeness (QED) is 0.475. The highest BCUT2D eigenvalue weighted by atomic mass is 16.5. The van der Waals surface area contributed by atoms with Crippen molar-refractivity contribution in [2.24, 2.45) is 11.8 Å². The number of rotatable bonds is 8. The lowest BCUT2D eigenvalue weighted by Crippen LogP contribution is -2.53. The number of Topliss-reactive ketones (excluding diaryl/α,β-unsaturated/α-hetero) is 1. The van der Waals surface area contributed by atoms with Crippen LogP contribution in [0.4, 0.5) is 0 Å². The van der Waals surface area contributed by atoms with Crippen LogP contribution in [0.5, 0.6) is 0 Å². The van der Waals surface area contributed by atoms with Crippen LogP contribution >= 0.6 is 0 Å². The monoisotopic (exact) mass is 441 g/mol. The maximum atomic E-state index is 12.9. The molecule has 0 bridgehead atoms. The lowest BCUT2D eigenvalue weighted by molar-refractivity contribution is -0.154. The zero-order valence-electron chi connectivity index (χ0n) is 19.9. The van der Waals surface area contributed by atoms with Crippen molar-refractivity contribution >= 4 is 11.8 Å². The van der Waals surface area contributed by atoms with Crippen molar-refractivity contribution in [2.45, 2.75) is 81.3 Å². The van der Waals surface area contributed by atoms with Gasteiger partial charge in [-0.2, -0.15) is 0 Å². The van der Waals surface area contributed by atoms with E-state index in [0.29, 0.717) is 5.92 Å². The number of hydrazine groups is 1. The van der Waals surface area contributed by atoms with E-state index in [0.717, 1.165) is 44.9 Å². The molecule has 1 aromatic rings. The van der Waals surface area contributed by atoms with E-state index < -0.39 is 5.97 Å². The number of ketones is 1. The van der Waals surface area contributed by atoms with Gasteiger partial charge in [-0.05, 0) is 70.5 Å². The van der Waals surface area contributed by atoms with Gasteiger partial charge in [0.15, 0.2) is 0 Å². The van der Waals surface area contributed by atoms with Crippen molar-refractivity contribution in [3.8, 4) is 0 Å². The van der Waals surface area contributed by atoms with E-state index >= 15 is 0 Å². The second-order valence-electron chi connectivity index (χ2n) is 10.5. The van der Waals surface area contributed by atoms with Crippen LogP contribution in [-0.2, 0) is 19.9 Å². The number of ether oxygens (including phenoxy) is 1. The third-order valence-corrected chi connectivity index (χ3v) is 8.65. The minimum absolute atomic E-state index is 0.0229. The minimum atomic E-state index is -0.703. The van der Waals surface area contributed by atoms with Gasteiger partial charge in [-0.25, -0.2) is 4.79 Å². The number of benzene rings is 1. The van der Waals surface area contributed by atoms with Gasteiger partial charge in [0, 0.05) is 23.0 Å². The summed E-state index contributed by atoms with van der Waals surface area (Å²) in [6, 6.07) is 10.8. The fourth-order valence-electron chi connectivity index (χ4n) is 6.19. The summed E-state index contributed by atoms with van der Waals surface area (Å²) in [5.41, 5.74) is 8.42. The minimum Gasteiger partial charge on any atom is -0.463 e. The maximum Gasteiger partial charge on any atom is 0.374 e. The first kappa shape index (κ1) is 23.4. The van der Waals surface area contributed by atoms with Gasteiger partial charge in [0.1, 0.15) is 0 Å². The van der Waals surface area contributed by atoms with Crippen LogP contribution in [0.15, 0.2) is 30.3 Å². The number of nitrogens with one attached hydrogen (secondary N) is 2. The summed E-state index contributed by atoms with van der Waals surface area (Å²) in [4.78, 5) is 27.3. The second-order valence-corrected chi connectivity index (χ2v) is 10.5. The topological polar surface area (TPSA) is 70.7 Å². The SMILES string of the molecule is COC(=O)C(=O)C(CCC1CCC1)[C@@H]1CC2(CCC(c3ccccc3)(N(C)C)CC2)NN1. The molecule has 3 fully saturated rings. The Labute approximate surface area is 192 Å². The number of esters is 1. The van der Waals surface area contributed by atoms with E-state index in [9.17, 15) is 9.59 Å². The van der Waals surface area contributed by atoms with Gasteiger partial charge in [0.05, 0.1) is 7.11 Å². The molecular weight excluding hydrogens is 402 g/mol. The molecular formula is C26H39N3O3. The number of carbonyl (C=O) groups excluding carboxylic acids is 2. The Morgan fingerprint density at radius 1 is 1.12 bits per heavy atom. The lowest BCUT2D eigenvalue weighted by Gasteiger charge is -2.49. The Morgan fingerprint density at radius 3 is 2.38 bits per heavy atom. The van der Waals surface area contributed by atoms with E-state index in [4.69, 9.17) is 4.74 Å². The average Bonchev–Trinajstić information content (AvgIpc) is 3.19. The van der Waals surface area contributed by atoms with Crippen LogP contribution in [0.25, 0.3) is 0 Å². The fourth-order valence-corrected chi connectivity index (χ4v) is 6.19. The molecule has 2 aliphatic carbocycles. The summed E-state index contributed by atoms with van der Waals surface area (Å²) >= 11 is 0. The molecule has 2 saturated carbocycles. The second kappa shape index (κ2) is 9.62. The summed E-state index contributed by atoms with van der Waals surface area (Å²) in [6.45, 7) is 0. The standard InChI is InChI=1S/C26H39N3O3/c1-29(2)26(20-10-5-4-6-11-20)16-14-25(15-17-26)18-22(27-28-25)21(23(30)24(31)32-3)13-12-19-8-7-9-19/h4-6,10-11,19,21-22,27-28H,7-9,12-18H2,1-3H3/t21?,22-,25?,26?/m0/s1. The first-order valence-electron chi connectivity index (χ1n) is 12.3. The molecule has 176 valence electrons. The van der Waals surface area contributed by atoms with Crippen LogP contribution in [0.1, 0.15) is 69.8 Å². The molecule has 1 spiro atoms. The van der Waals surface area contributed by atoms with Gasteiger partial charge in [-0.1, -0.05) is 49.6 Å². The molecule has 6 nitrogen and oxygen atoms in total. The molecule has 0 radical (unpaired) electrons. The highest BCUT2D eigenvalue weighted by molar-refractivity contribution is 6.34. The van der Waals surface area contributed by atoms with Crippen molar-refractivity contribution in [1.29, 1.82) is 0 Å². The average molecular weight is 442 g/mol. The molecule has 1 aromatic carbocycles. The molecule has 2 N–H and O–H groups in total. The summed E-state index contributed by atoms with van der Waals surface area (Å²) in [6.07, 6.45) is 10.7. The molecule has 0 amide bonds. The van der Waals surface area contributed by atoms with Crippen LogP contribution in [0.3, 0.4) is 0 Å². The first-order valence-corrected chi connectivity index (χ1v) is 12.3. The zero-order chi connectivity index (χ0) is 22.8. The van der Waals surface area contributed by atoms with E-state index in [1.807, 2.05) is 0 Å². The molecule has 4 rings (SSSR count). The van der Waals surface area contributed by atoms with E-state index in [1.54, 1.807) is 0 Å². The van der Waals surface area contributed by atoms with Gasteiger partial charge in [-0.3, -0.25) is 20.5 Å². The Hall–Kier alpha value is -1.76. The van der Waals surface area contributed by atoms with Crippen molar-refractivity contribution in [1.82, 2.24) is 15.8 Å². The van der Waals surface area contributed by atoms with Gasteiger partial charge < -0.3 is 4.74 Å². The maximum absolute atomic E-state index is 12.9. The van der Waals surface area contributed by atoms with Crippen LogP contribution in [-0.4, -0.2) is 49.4 Å². The van der Waals surface area contributed by atoms with Gasteiger partial charge in [-0.15, -0.1) is 0 Å². The van der Waals surface area contributed by atoms with Crippen LogP contribution in [0, 0.1) is 11.8 Å². The smallest absolute Gasteiger partial charge is 0.374 e. The van der Waals surface area contributed by atoms with Crippen LogP contribution < -0.4 is 10.9 Å². The normalized spacial score (nSPS) is 31.4. The fraction of sp³-hybridized carbons (Fsp3) is 0.692. The Balaban J connectivity index is 1.45. The molecule has 1 unspecified atom stereocenters. The molecule has 32 heavy (non-hydrogen) atoms. The van der Waals surface area contributed by atoms with Gasteiger partial charge in [0.25, 0.3) is 0 Å². The Bertz CT molecular complexity index is 798. The highest BCUT2D eigenvalue weighted by Gasteiger charge is 2.50. The molecule has 1 heterocycles. The molecule has 1 aliphatic heterocycles. The van der Waals surface area contributed by atoms with Gasteiger partial charge >= 0.3 is 5.97 Å². The molecule has 2 atom stereocenters. The third kappa shape index (κ3) is 4.50. The predicted molar refractivity (Wildman–Crippen MR) is 125 cm³/mol.